The van der Waals surface area contributed by atoms with Crippen molar-refractivity contribution in [3.8, 4) is 0 Å². The standard InChI is InChI=1S/C17H19FN2O4/c1-9(21)19-11-5-6-14(18)13(7-11)16(22)20-8-10-3-2-4-12(10)15(20)17(23)24/h5-7,10,12,15H,2-4,8H2,1H3,(H,19,21)(H,23,24). The van der Waals surface area contributed by atoms with E-state index in [2.05, 4.69) is 5.32 Å². The van der Waals surface area contributed by atoms with Crippen molar-refractivity contribution < 1.29 is 23.9 Å². The molecule has 1 saturated carbocycles. The lowest BCUT2D eigenvalue weighted by molar-refractivity contribution is -0.142. The number of amides is 2. The fraction of sp³-hybridized carbons (Fsp3) is 0.471. The van der Waals surface area contributed by atoms with Gasteiger partial charge >= 0.3 is 5.97 Å². The number of rotatable bonds is 3. The van der Waals surface area contributed by atoms with Gasteiger partial charge in [0.1, 0.15) is 11.9 Å². The van der Waals surface area contributed by atoms with Crippen LogP contribution in [0.15, 0.2) is 18.2 Å². The van der Waals surface area contributed by atoms with Crippen LogP contribution in [0, 0.1) is 17.7 Å². The highest BCUT2D eigenvalue weighted by atomic mass is 19.1. The molecule has 128 valence electrons. The van der Waals surface area contributed by atoms with Crippen molar-refractivity contribution >= 4 is 23.5 Å². The van der Waals surface area contributed by atoms with Crippen molar-refractivity contribution in [2.45, 2.75) is 32.2 Å². The number of carbonyl (C=O) groups excluding carboxylic acids is 2. The van der Waals surface area contributed by atoms with E-state index in [-0.39, 0.29) is 23.3 Å². The lowest BCUT2D eigenvalue weighted by Crippen LogP contribution is -2.43. The number of anilines is 1. The molecule has 3 rings (SSSR count). The van der Waals surface area contributed by atoms with Crippen LogP contribution >= 0.6 is 0 Å². The highest BCUT2D eigenvalue weighted by molar-refractivity contribution is 5.99. The molecule has 1 aromatic rings. The Morgan fingerprint density at radius 2 is 2.04 bits per heavy atom. The first-order valence-corrected chi connectivity index (χ1v) is 7.99. The fourth-order valence-electron chi connectivity index (χ4n) is 3.96. The Bertz CT molecular complexity index is 706. The Kier molecular flexibility index (Phi) is 4.26. The first-order valence-electron chi connectivity index (χ1n) is 7.99. The van der Waals surface area contributed by atoms with Gasteiger partial charge in [0.15, 0.2) is 0 Å². The monoisotopic (exact) mass is 334 g/mol. The quantitative estimate of drug-likeness (QED) is 0.886. The molecule has 0 bridgehead atoms. The normalized spacial score (nSPS) is 25.4. The summed E-state index contributed by atoms with van der Waals surface area (Å²) in [6.07, 6.45) is 2.64. The number of nitrogens with zero attached hydrogens (tertiary/aromatic N) is 1. The van der Waals surface area contributed by atoms with Crippen LogP contribution in [0.25, 0.3) is 0 Å². The molecule has 2 amide bonds. The molecular formula is C17H19FN2O4. The molecule has 0 aromatic heterocycles. The number of halogens is 1. The third-order valence-electron chi connectivity index (χ3n) is 4.92. The number of likely N-dealkylation sites (tertiary alicyclic amines) is 1. The molecule has 2 aliphatic rings. The van der Waals surface area contributed by atoms with Crippen LogP contribution in [0.1, 0.15) is 36.5 Å². The van der Waals surface area contributed by atoms with Gasteiger partial charge in [-0.2, -0.15) is 0 Å². The van der Waals surface area contributed by atoms with Gasteiger partial charge in [-0.15, -0.1) is 0 Å². The molecule has 1 aromatic carbocycles. The second-order valence-corrected chi connectivity index (χ2v) is 6.47. The summed E-state index contributed by atoms with van der Waals surface area (Å²) < 4.78 is 14.1. The number of fused-ring (bicyclic) bond motifs is 1. The van der Waals surface area contributed by atoms with Gasteiger partial charge in [0, 0.05) is 19.2 Å². The Morgan fingerprint density at radius 1 is 1.29 bits per heavy atom. The van der Waals surface area contributed by atoms with Gasteiger partial charge in [-0.3, -0.25) is 9.59 Å². The van der Waals surface area contributed by atoms with Crippen LogP contribution in [0.3, 0.4) is 0 Å². The van der Waals surface area contributed by atoms with Crippen LogP contribution in [0.2, 0.25) is 0 Å². The van der Waals surface area contributed by atoms with Crippen LogP contribution in [0.5, 0.6) is 0 Å². The van der Waals surface area contributed by atoms with E-state index >= 15 is 0 Å². The maximum atomic E-state index is 14.1. The Balaban J connectivity index is 1.90. The van der Waals surface area contributed by atoms with Crippen LogP contribution in [0.4, 0.5) is 10.1 Å². The largest absolute Gasteiger partial charge is 0.480 e. The molecule has 3 unspecified atom stereocenters. The number of carboxylic acids is 1. The molecule has 24 heavy (non-hydrogen) atoms. The average molecular weight is 334 g/mol. The summed E-state index contributed by atoms with van der Waals surface area (Å²) in [5, 5.41) is 12.0. The number of hydrogen-bond acceptors (Lipinski definition) is 3. The molecule has 7 heteroatoms. The molecule has 2 fully saturated rings. The fourth-order valence-corrected chi connectivity index (χ4v) is 3.96. The summed E-state index contributed by atoms with van der Waals surface area (Å²) in [4.78, 5) is 36.8. The second kappa shape index (κ2) is 6.22. The highest BCUT2D eigenvalue weighted by Gasteiger charge is 2.49. The molecule has 1 heterocycles. The number of benzene rings is 1. The van der Waals surface area contributed by atoms with Gasteiger partial charge in [-0.25, -0.2) is 9.18 Å². The zero-order valence-electron chi connectivity index (χ0n) is 13.3. The van der Waals surface area contributed by atoms with Crippen molar-refractivity contribution in [1.29, 1.82) is 0 Å². The van der Waals surface area contributed by atoms with E-state index in [0.717, 1.165) is 25.3 Å². The minimum atomic E-state index is -1.05. The van der Waals surface area contributed by atoms with E-state index in [0.29, 0.717) is 12.2 Å². The van der Waals surface area contributed by atoms with Gasteiger partial charge in [0.2, 0.25) is 5.91 Å². The topological polar surface area (TPSA) is 86.7 Å². The number of carboxylic acid groups (broad SMARTS) is 1. The highest BCUT2D eigenvalue weighted by Crippen LogP contribution is 2.42. The van der Waals surface area contributed by atoms with E-state index in [9.17, 15) is 23.9 Å². The van der Waals surface area contributed by atoms with E-state index in [1.165, 1.54) is 24.0 Å². The van der Waals surface area contributed by atoms with Gasteiger partial charge in [0.05, 0.1) is 5.56 Å². The number of nitrogens with one attached hydrogen (secondary N) is 1. The minimum Gasteiger partial charge on any atom is -0.480 e. The third-order valence-corrected chi connectivity index (χ3v) is 4.92. The number of aliphatic carboxylic acids is 1. The summed E-state index contributed by atoms with van der Waals surface area (Å²) in [5.74, 6) is -2.64. The number of carbonyl (C=O) groups is 3. The van der Waals surface area contributed by atoms with E-state index < -0.39 is 23.7 Å². The molecule has 0 spiro atoms. The minimum absolute atomic E-state index is 0.0620. The van der Waals surface area contributed by atoms with Gasteiger partial charge in [-0.05, 0) is 42.9 Å². The smallest absolute Gasteiger partial charge is 0.326 e. The Morgan fingerprint density at radius 3 is 2.71 bits per heavy atom. The summed E-state index contributed by atoms with van der Waals surface area (Å²) in [6, 6.07) is 2.81. The maximum Gasteiger partial charge on any atom is 0.326 e. The number of hydrogen-bond donors (Lipinski definition) is 2. The van der Waals surface area contributed by atoms with Gasteiger partial charge < -0.3 is 15.3 Å². The summed E-state index contributed by atoms with van der Waals surface area (Å²) in [5.41, 5.74) is 0.0889. The molecule has 1 aliphatic carbocycles. The summed E-state index contributed by atoms with van der Waals surface area (Å²) in [6.45, 7) is 1.65. The second-order valence-electron chi connectivity index (χ2n) is 6.47. The SMILES string of the molecule is CC(=O)Nc1ccc(F)c(C(=O)N2CC3CCCC3C2C(=O)O)c1. The average Bonchev–Trinajstić information content (AvgIpc) is 3.07. The predicted octanol–water partition coefficient (Wildman–Crippen LogP) is 2.11. The lowest BCUT2D eigenvalue weighted by Gasteiger charge is -2.24. The van der Waals surface area contributed by atoms with Crippen molar-refractivity contribution in [2.75, 3.05) is 11.9 Å². The van der Waals surface area contributed by atoms with Gasteiger partial charge in [-0.1, -0.05) is 6.42 Å². The Hall–Kier alpha value is -2.44. The van der Waals surface area contributed by atoms with Crippen LogP contribution in [-0.2, 0) is 9.59 Å². The predicted molar refractivity (Wildman–Crippen MR) is 84.0 cm³/mol. The maximum absolute atomic E-state index is 14.1. The zero-order valence-corrected chi connectivity index (χ0v) is 13.3. The molecular weight excluding hydrogens is 315 g/mol. The lowest BCUT2D eigenvalue weighted by atomic mass is 9.94. The van der Waals surface area contributed by atoms with E-state index in [1.54, 1.807) is 0 Å². The first-order chi connectivity index (χ1) is 11.4. The molecule has 1 saturated heterocycles. The molecule has 6 nitrogen and oxygen atoms in total. The van der Waals surface area contributed by atoms with Crippen molar-refractivity contribution in [2.24, 2.45) is 11.8 Å². The van der Waals surface area contributed by atoms with Gasteiger partial charge in [0.25, 0.3) is 5.91 Å². The Labute approximate surface area is 138 Å². The zero-order chi connectivity index (χ0) is 17.4. The summed E-state index contributed by atoms with van der Waals surface area (Å²) in [7, 11) is 0. The summed E-state index contributed by atoms with van der Waals surface area (Å²) >= 11 is 0. The van der Waals surface area contributed by atoms with Crippen LogP contribution in [-0.4, -0.2) is 40.4 Å². The van der Waals surface area contributed by atoms with E-state index in [4.69, 9.17) is 0 Å². The van der Waals surface area contributed by atoms with Crippen molar-refractivity contribution in [3.63, 3.8) is 0 Å². The van der Waals surface area contributed by atoms with E-state index in [1.807, 2.05) is 0 Å². The molecule has 3 atom stereocenters. The third kappa shape index (κ3) is 2.86. The molecule has 0 radical (unpaired) electrons. The molecule has 2 N–H and O–H groups in total. The van der Waals surface area contributed by atoms with Crippen molar-refractivity contribution in [1.82, 2.24) is 4.90 Å². The first kappa shape index (κ1) is 16.4. The molecule has 1 aliphatic heterocycles. The van der Waals surface area contributed by atoms with Crippen LogP contribution < -0.4 is 5.32 Å². The van der Waals surface area contributed by atoms with Crippen molar-refractivity contribution in [3.05, 3.63) is 29.6 Å².